The van der Waals surface area contributed by atoms with E-state index in [2.05, 4.69) is 62.0 Å². The molecule has 0 aromatic heterocycles. The highest BCUT2D eigenvalue weighted by molar-refractivity contribution is 5.93. The van der Waals surface area contributed by atoms with Crippen LogP contribution >= 0.6 is 0 Å². The Balaban J connectivity index is 1.67. The molecule has 3 heteroatoms. The molecule has 1 aromatic rings. The number of aliphatic hydroxyl groups is 1. The second-order valence-electron chi connectivity index (χ2n) is 10.8. The van der Waals surface area contributed by atoms with Crippen LogP contribution < -0.4 is 4.90 Å². The van der Waals surface area contributed by atoms with Gasteiger partial charge in [0.2, 0.25) is 0 Å². The zero-order chi connectivity index (χ0) is 22.7. The number of ketones is 1. The van der Waals surface area contributed by atoms with Crippen LogP contribution in [0.3, 0.4) is 0 Å². The Morgan fingerprint density at radius 3 is 2.53 bits per heavy atom. The highest BCUT2D eigenvalue weighted by Crippen LogP contribution is 2.66. The molecule has 0 heterocycles. The Bertz CT molecular complexity index is 1070. The largest absolute Gasteiger partial charge is 0.378 e. The van der Waals surface area contributed by atoms with Crippen LogP contribution in [0.5, 0.6) is 0 Å². The first kappa shape index (κ1) is 21.5. The van der Waals surface area contributed by atoms with Crippen molar-refractivity contribution in [1.82, 2.24) is 0 Å². The number of hydrogen-bond donors (Lipinski definition) is 1. The summed E-state index contributed by atoms with van der Waals surface area (Å²) < 4.78 is 0. The zero-order valence-electron chi connectivity index (χ0n) is 19.9. The molecular weight excluding hydrogens is 394 g/mol. The molecule has 2 fully saturated rings. The minimum absolute atomic E-state index is 0.221. The van der Waals surface area contributed by atoms with Crippen LogP contribution in [0.25, 0.3) is 0 Å². The van der Waals surface area contributed by atoms with Crippen molar-refractivity contribution in [1.29, 1.82) is 0 Å². The molecule has 0 saturated heterocycles. The smallest absolute Gasteiger partial charge is 0.156 e. The van der Waals surface area contributed by atoms with E-state index >= 15 is 0 Å². The van der Waals surface area contributed by atoms with Crippen molar-refractivity contribution in [3.63, 3.8) is 0 Å². The van der Waals surface area contributed by atoms with E-state index < -0.39 is 5.60 Å². The van der Waals surface area contributed by atoms with E-state index in [0.717, 1.165) is 38.5 Å². The van der Waals surface area contributed by atoms with Crippen molar-refractivity contribution < 1.29 is 9.90 Å². The standard InChI is InChI=1S/C29H35NO2/c1-5-15-29(32)16-14-26-24-12-8-20-17-22(31)11-13-23(20)27(24)25(18-28(26,29)2)19-6-9-21(10-7-19)30(3)4/h6-7,9-10,17,24-26,32H,8,11-14,16,18H2,1-4H3/t24-,25-,26-,28+,29+/m1/s1. The summed E-state index contributed by atoms with van der Waals surface area (Å²) in [5, 5.41) is 11.7. The SMILES string of the molecule is CC#C[C@]1(O)CC[C@@H]2[C@H]3CCC4=CC(=O)CCC4=C3[C@@H](c3ccc(N(C)C)cc3)C[C@@]21C. The average Bonchev–Trinajstić information content (AvgIpc) is 3.03. The van der Waals surface area contributed by atoms with Gasteiger partial charge in [-0.15, -0.1) is 5.92 Å². The predicted octanol–water partition coefficient (Wildman–Crippen LogP) is 5.41. The fraction of sp³-hybridized carbons (Fsp3) is 0.552. The van der Waals surface area contributed by atoms with E-state index in [0.29, 0.717) is 18.3 Å². The molecule has 0 bridgehead atoms. The number of hydrogen-bond acceptors (Lipinski definition) is 3. The van der Waals surface area contributed by atoms with Crippen molar-refractivity contribution >= 4 is 11.5 Å². The first-order valence-electron chi connectivity index (χ1n) is 12.2. The van der Waals surface area contributed by atoms with Gasteiger partial charge in [0.25, 0.3) is 0 Å². The quantitative estimate of drug-likeness (QED) is 0.640. The molecule has 0 radical (unpaired) electrons. The third-order valence-electron chi connectivity index (χ3n) is 9.03. The lowest BCUT2D eigenvalue weighted by atomic mass is 9.51. The normalized spacial score (nSPS) is 35.8. The first-order valence-corrected chi connectivity index (χ1v) is 12.2. The fourth-order valence-corrected chi connectivity index (χ4v) is 7.38. The Morgan fingerprint density at radius 1 is 1.09 bits per heavy atom. The average molecular weight is 430 g/mol. The minimum atomic E-state index is -0.914. The molecule has 3 nitrogen and oxygen atoms in total. The predicted molar refractivity (Wildman–Crippen MR) is 129 cm³/mol. The molecule has 0 aliphatic heterocycles. The molecule has 4 aliphatic rings. The van der Waals surface area contributed by atoms with Crippen molar-refractivity contribution in [2.45, 2.75) is 70.3 Å². The lowest BCUT2D eigenvalue weighted by Gasteiger charge is -2.53. The topological polar surface area (TPSA) is 40.5 Å². The van der Waals surface area contributed by atoms with Gasteiger partial charge in [-0.25, -0.2) is 0 Å². The number of carbonyl (C=O) groups excluding carboxylic acids is 1. The number of benzene rings is 1. The number of anilines is 1. The van der Waals surface area contributed by atoms with E-state index in [-0.39, 0.29) is 17.1 Å². The van der Waals surface area contributed by atoms with Crippen LogP contribution in [-0.4, -0.2) is 30.6 Å². The van der Waals surface area contributed by atoms with Crippen molar-refractivity contribution in [3.05, 3.63) is 52.6 Å². The van der Waals surface area contributed by atoms with Crippen LogP contribution in [0.1, 0.15) is 70.3 Å². The zero-order valence-corrected chi connectivity index (χ0v) is 19.9. The molecule has 1 aromatic carbocycles. The molecule has 0 amide bonds. The van der Waals surface area contributed by atoms with E-state index in [1.807, 2.05) is 13.0 Å². The van der Waals surface area contributed by atoms with Gasteiger partial charge in [0.05, 0.1) is 0 Å². The van der Waals surface area contributed by atoms with Crippen molar-refractivity contribution in [2.24, 2.45) is 17.3 Å². The van der Waals surface area contributed by atoms with Gasteiger partial charge in [0.1, 0.15) is 5.60 Å². The number of fused-ring (bicyclic) bond motifs is 4. The number of rotatable bonds is 2. The van der Waals surface area contributed by atoms with E-state index in [4.69, 9.17) is 0 Å². The van der Waals surface area contributed by atoms with Gasteiger partial charge in [-0.2, -0.15) is 0 Å². The van der Waals surface area contributed by atoms with Crippen LogP contribution in [-0.2, 0) is 4.79 Å². The van der Waals surface area contributed by atoms with Gasteiger partial charge in [-0.3, -0.25) is 4.79 Å². The lowest BCUT2D eigenvalue weighted by molar-refractivity contribution is -0.114. The van der Waals surface area contributed by atoms with Gasteiger partial charge in [-0.1, -0.05) is 30.6 Å². The molecule has 2 saturated carbocycles. The Hall–Kier alpha value is -2.31. The molecule has 1 N–H and O–H groups in total. The second kappa shape index (κ2) is 7.63. The number of nitrogens with zero attached hydrogens (tertiary/aromatic N) is 1. The second-order valence-corrected chi connectivity index (χ2v) is 10.8. The van der Waals surface area contributed by atoms with Gasteiger partial charge in [0, 0.05) is 37.5 Å². The molecule has 0 unspecified atom stereocenters. The summed E-state index contributed by atoms with van der Waals surface area (Å²) in [6.45, 7) is 4.15. The van der Waals surface area contributed by atoms with Gasteiger partial charge in [-0.05, 0) is 92.2 Å². The molecule has 5 rings (SSSR count). The summed E-state index contributed by atoms with van der Waals surface area (Å²) in [5.41, 5.74) is 5.71. The maximum atomic E-state index is 12.2. The monoisotopic (exact) mass is 429 g/mol. The summed E-state index contributed by atoms with van der Waals surface area (Å²) in [5.74, 6) is 7.76. The molecule has 32 heavy (non-hydrogen) atoms. The molecule has 0 spiro atoms. The highest BCUT2D eigenvalue weighted by Gasteiger charge is 2.62. The number of carbonyl (C=O) groups is 1. The van der Waals surface area contributed by atoms with E-state index in [1.54, 1.807) is 5.57 Å². The van der Waals surface area contributed by atoms with Crippen LogP contribution in [0.4, 0.5) is 5.69 Å². The Kier molecular flexibility index (Phi) is 5.13. The summed E-state index contributed by atoms with van der Waals surface area (Å²) in [6, 6.07) is 8.97. The Labute approximate surface area is 192 Å². The maximum Gasteiger partial charge on any atom is 0.156 e. The summed E-state index contributed by atoms with van der Waals surface area (Å²) in [6.07, 6.45) is 8.23. The van der Waals surface area contributed by atoms with Crippen LogP contribution in [0, 0.1) is 29.1 Å². The highest BCUT2D eigenvalue weighted by atomic mass is 16.3. The first-order chi connectivity index (χ1) is 15.3. The van der Waals surface area contributed by atoms with Gasteiger partial charge >= 0.3 is 0 Å². The minimum Gasteiger partial charge on any atom is -0.378 e. The summed E-state index contributed by atoms with van der Waals surface area (Å²) in [4.78, 5) is 14.3. The summed E-state index contributed by atoms with van der Waals surface area (Å²) in [7, 11) is 4.14. The molecule has 4 aliphatic carbocycles. The number of allylic oxidation sites excluding steroid dienone is 4. The van der Waals surface area contributed by atoms with Crippen LogP contribution in [0.15, 0.2) is 47.1 Å². The summed E-state index contributed by atoms with van der Waals surface area (Å²) >= 11 is 0. The van der Waals surface area contributed by atoms with Gasteiger partial charge in [0.15, 0.2) is 5.78 Å². The third kappa shape index (κ3) is 3.11. The lowest BCUT2D eigenvalue weighted by Crippen LogP contribution is -2.51. The fourth-order valence-electron chi connectivity index (χ4n) is 7.38. The molecular formula is C29H35NO2. The van der Waals surface area contributed by atoms with Crippen molar-refractivity contribution in [3.8, 4) is 11.8 Å². The van der Waals surface area contributed by atoms with Gasteiger partial charge < -0.3 is 10.0 Å². The maximum absolute atomic E-state index is 12.2. The third-order valence-corrected chi connectivity index (χ3v) is 9.03. The molecule has 5 atom stereocenters. The van der Waals surface area contributed by atoms with E-state index in [1.165, 1.54) is 22.4 Å². The van der Waals surface area contributed by atoms with Crippen LogP contribution in [0.2, 0.25) is 0 Å². The molecule has 168 valence electrons. The van der Waals surface area contributed by atoms with E-state index in [9.17, 15) is 9.90 Å². The van der Waals surface area contributed by atoms with Crippen molar-refractivity contribution in [2.75, 3.05) is 19.0 Å². The Morgan fingerprint density at radius 2 is 1.84 bits per heavy atom.